The van der Waals surface area contributed by atoms with Gasteiger partial charge < -0.3 is 19.5 Å². The fourth-order valence-electron chi connectivity index (χ4n) is 3.79. The predicted molar refractivity (Wildman–Crippen MR) is 117 cm³/mol. The predicted octanol–water partition coefficient (Wildman–Crippen LogP) is 3.48. The van der Waals surface area contributed by atoms with Crippen LogP contribution in [0.5, 0.6) is 0 Å². The van der Waals surface area contributed by atoms with Crippen molar-refractivity contribution in [1.82, 2.24) is 19.9 Å². The van der Waals surface area contributed by atoms with Gasteiger partial charge in [0, 0.05) is 32.3 Å². The summed E-state index contributed by atoms with van der Waals surface area (Å²) < 4.78 is 5.38. The van der Waals surface area contributed by atoms with Crippen molar-refractivity contribution in [3.63, 3.8) is 0 Å². The van der Waals surface area contributed by atoms with Gasteiger partial charge in [-0.1, -0.05) is 0 Å². The van der Waals surface area contributed by atoms with Crippen molar-refractivity contribution in [3.8, 4) is 0 Å². The van der Waals surface area contributed by atoms with E-state index in [2.05, 4.69) is 15.0 Å². The molecule has 1 amide bonds. The SMILES string of the molecule is CC1(OC(=O)N2CCCCC2)CC1.Cc1c(N2CCc3ncccc32)nc[nH]c1=O.F. The fraction of sp³-hybridized carbons (Fsp3) is 0.545. The Labute approximate surface area is 181 Å². The monoisotopic (exact) mass is 431 g/mol. The molecule has 0 unspecified atom stereocenters. The Morgan fingerprint density at radius 2 is 1.90 bits per heavy atom. The maximum absolute atomic E-state index is 11.6. The number of likely N-dealkylation sites (tertiary alicyclic amines) is 1. The first-order valence-electron chi connectivity index (χ1n) is 10.7. The molecule has 5 rings (SSSR count). The van der Waals surface area contributed by atoms with Crippen LogP contribution in [0.4, 0.5) is 21.0 Å². The summed E-state index contributed by atoms with van der Waals surface area (Å²) in [6, 6.07) is 3.91. The molecule has 1 saturated heterocycles. The van der Waals surface area contributed by atoms with E-state index in [0.717, 1.165) is 68.9 Å². The van der Waals surface area contributed by atoms with Crippen LogP contribution in [0.3, 0.4) is 0 Å². The summed E-state index contributed by atoms with van der Waals surface area (Å²) in [6.07, 6.45) is 9.61. The van der Waals surface area contributed by atoms with Gasteiger partial charge in [-0.25, -0.2) is 9.78 Å². The molecular weight excluding hydrogens is 401 g/mol. The molecule has 2 aromatic heterocycles. The molecule has 2 aliphatic heterocycles. The highest BCUT2D eigenvalue weighted by atomic mass is 19.0. The minimum absolute atomic E-state index is 0. The van der Waals surface area contributed by atoms with Crippen LogP contribution >= 0.6 is 0 Å². The van der Waals surface area contributed by atoms with Gasteiger partial charge in [-0.2, -0.15) is 0 Å². The van der Waals surface area contributed by atoms with Crippen LogP contribution in [0.15, 0.2) is 29.5 Å². The lowest BCUT2D eigenvalue weighted by atomic mass is 10.1. The Balaban J connectivity index is 0.000000176. The highest BCUT2D eigenvalue weighted by Crippen LogP contribution is 2.39. The van der Waals surface area contributed by atoms with E-state index in [-0.39, 0.29) is 22.0 Å². The Morgan fingerprint density at radius 3 is 2.61 bits per heavy atom. The molecule has 9 heteroatoms. The molecule has 0 spiro atoms. The molecular formula is C22H30FN5O3. The third kappa shape index (κ3) is 5.21. The number of hydrogen-bond donors (Lipinski definition) is 1. The van der Waals surface area contributed by atoms with Gasteiger partial charge in [-0.3, -0.25) is 14.5 Å². The van der Waals surface area contributed by atoms with Gasteiger partial charge in [0.2, 0.25) is 0 Å². The number of pyridine rings is 1. The van der Waals surface area contributed by atoms with Crippen LogP contribution in [-0.2, 0) is 11.2 Å². The minimum Gasteiger partial charge on any atom is -0.443 e. The average molecular weight is 432 g/mol. The van der Waals surface area contributed by atoms with Crippen molar-refractivity contribution in [2.45, 2.75) is 58.0 Å². The molecule has 1 saturated carbocycles. The van der Waals surface area contributed by atoms with Crippen molar-refractivity contribution < 1.29 is 14.2 Å². The van der Waals surface area contributed by atoms with E-state index in [1.54, 1.807) is 13.1 Å². The molecule has 4 heterocycles. The number of amides is 1. The molecule has 3 aliphatic rings. The third-order valence-corrected chi connectivity index (χ3v) is 5.95. The number of nitrogens with zero attached hydrogens (tertiary/aromatic N) is 4. The van der Waals surface area contributed by atoms with Gasteiger partial charge in [-0.05, 0) is 58.1 Å². The summed E-state index contributed by atoms with van der Waals surface area (Å²) in [6.45, 7) is 6.39. The van der Waals surface area contributed by atoms with E-state index in [0.29, 0.717) is 5.56 Å². The number of hydrogen-bond acceptors (Lipinski definition) is 6. The van der Waals surface area contributed by atoms with Crippen molar-refractivity contribution >= 4 is 17.6 Å². The molecule has 0 radical (unpaired) electrons. The number of piperidine rings is 1. The van der Waals surface area contributed by atoms with Gasteiger partial charge in [0.1, 0.15) is 11.4 Å². The molecule has 0 atom stereocenters. The number of aromatic nitrogens is 3. The molecule has 0 aromatic carbocycles. The standard InChI is InChI=1S/C12H12N4O.C10H17NO2.FH/c1-8-11(14-7-15-12(8)17)16-6-4-9-10(16)3-2-5-13-9;1-10(5-6-10)13-9(12)11-7-3-2-4-8-11;/h2-3,5,7H,4,6H2,1H3,(H,14,15,17);2-8H2,1H3;1H. The normalized spacial score (nSPS) is 18.3. The zero-order chi connectivity index (χ0) is 21.1. The second-order valence-corrected chi connectivity index (χ2v) is 8.42. The van der Waals surface area contributed by atoms with Crippen LogP contribution in [0.2, 0.25) is 0 Å². The van der Waals surface area contributed by atoms with Crippen molar-refractivity contribution in [3.05, 3.63) is 46.3 Å². The maximum atomic E-state index is 11.6. The fourth-order valence-corrected chi connectivity index (χ4v) is 3.79. The number of nitrogens with one attached hydrogen (secondary N) is 1. The molecule has 2 aromatic rings. The number of carbonyl (C=O) groups excluding carboxylic acids is 1. The van der Waals surface area contributed by atoms with Crippen molar-refractivity contribution in [1.29, 1.82) is 0 Å². The van der Waals surface area contributed by atoms with Crippen LogP contribution in [-0.4, -0.2) is 51.2 Å². The molecule has 0 bridgehead atoms. The number of ether oxygens (including phenoxy) is 1. The van der Waals surface area contributed by atoms with Crippen molar-refractivity contribution in [2.75, 3.05) is 24.5 Å². The number of anilines is 2. The van der Waals surface area contributed by atoms with Gasteiger partial charge in [0.15, 0.2) is 0 Å². The summed E-state index contributed by atoms with van der Waals surface area (Å²) in [5.74, 6) is 0.723. The minimum atomic E-state index is -0.117. The molecule has 1 aliphatic carbocycles. The third-order valence-electron chi connectivity index (χ3n) is 5.95. The van der Waals surface area contributed by atoms with Gasteiger partial charge >= 0.3 is 6.09 Å². The van der Waals surface area contributed by atoms with E-state index in [9.17, 15) is 9.59 Å². The first-order chi connectivity index (χ1) is 14.5. The largest absolute Gasteiger partial charge is 0.443 e. The van der Waals surface area contributed by atoms with E-state index < -0.39 is 0 Å². The highest BCUT2D eigenvalue weighted by molar-refractivity contribution is 5.68. The zero-order valence-electron chi connectivity index (χ0n) is 18.1. The van der Waals surface area contributed by atoms with E-state index in [4.69, 9.17) is 4.74 Å². The second kappa shape index (κ2) is 9.45. The zero-order valence-corrected chi connectivity index (χ0v) is 18.1. The lowest BCUT2D eigenvalue weighted by Gasteiger charge is -2.27. The number of fused-ring (bicyclic) bond motifs is 1. The van der Waals surface area contributed by atoms with Crippen LogP contribution in [0, 0.1) is 6.92 Å². The first kappa shape index (κ1) is 22.7. The Hall–Kier alpha value is -2.97. The Morgan fingerprint density at radius 1 is 1.16 bits per heavy atom. The summed E-state index contributed by atoms with van der Waals surface area (Å²) in [4.78, 5) is 38.2. The van der Waals surface area contributed by atoms with Gasteiger partial charge in [-0.15, -0.1) is 0 Å². The van der Waals surface area contributed by atoms with Gasteiger partial charge in [0.05, 0.1) is 23.3 Å². The molecule has 2 fully saturated rings. The van der Waals surface area contributed by atoms with Crippen LogP contribution in [0.25, 0.3) is 0 Å². The summed E-state index contributed by atoms with van der Waals surface area (Å²) in [7, 11) is 0. The Bertz CT molecular complexity index is 970. The highest BCUT2D eigenvalue weighted by Gasteiger charge is 2.42. The molecule has 8 nitrogen and oxygen atoms in total. The maximum Gasteiger partial charge on any atom is 0.410 e. The van der Waals surface area contributed by atoms with E-state index in [1.807, 2.05) is 28.9 Å². The lowest BCUT2D eigenvalue weighted by molar-refractivity contribution is 0.0537. The first-order valence-corrected chi connectivity index (χ1v) is 10.7. The molecule has 1 N–H and O–H groups in total. The number of halogens is 1. The van der Waals surface area contributed by atoms with E-state index in [1.165, 1.54) is 12.7 Å². The summed E-state index contributed by atoms with van der Waals surface area (Å²) in [5.41, 5.74) is 2.55. The molecule has 31 heavy (non-hydrogen) atoms. The van der Waals surface area contributed by atoms with Crippen LogP contribution in [0.1, 0.15) is 50.3 Å². The second-order valence-electron chi connectivity index (χ2n) is 8.42. The smallest absolute Gasteiger partial charge is 0.410 e. The average Bonchev–Trinajstić information content (AvgIpc) is 3.33. The Kier molecular flexibility index (Phi) is 6.92. The number of rotatable bonds is 2. The van der Waals surface area contributed by atoms with Crippen LogP contribution < -0.4 is 10.5 Å². The summed E-state index contributed by atoms with van der Waals surface area (Å²) in [5, 5.41) is 0. The van der Waals surface area contributed by atoms with Gasteiger partial charge in [0.25, 0.3) is 5.56 Å². The topological polar surface area (TPSA) is 91.4 Å². The quantitative estimate of drug-likeness (QED) is 0.783. The number of carbonyl (C=O) groups is 1. The number of H-pyrrole nitrogens is 1. The molecule has 168 valence electrons. The summed E-state index contributed by atoms with van der Waals surface area (Å²) >= 11 is 0. The van der Waals surface area contributed by atoms with Crippen molar-refractivity contribution in [2.24, 2.45) is 0 Å². The van der Waals surface area contributed by atoms with E-state index >= 15 is 0 Å². The number of aromatic amines is 1. The lowest BCUT2D eigenvalue weighted by Crippen LogP contribution is -2.37.